The highest BCUT2D eigenvalue weighted by Crippen LogP contribution is 2.18. The predicted octanol–water partition coefficient (Wildman–Crippen LogP) is 2.00. The van der Waals surface area contributed by atoms with Crippen LogP contribution in [0.25, 0.3) is 0 Å². The number of fused-ring (bicyclic) bond motifs is 1. The van der Waals surface area contributed by atoms with Crippen molar-refractivity contribution in [3.8, 4) is 0 Å². The highest BCUT2D eigenvalue weighted by atomic mass is 32.2. The Kier molecular flexibility index (Phi) is 4.95. The van der Waals surface area contributed by atoms with Gasteiger partial charge in [0.05, 0.1) is 19.4 Å². The molecule has 3 heterocycles. The van der Waals surface area contributed by atoms with Crippen molar-refractivity contribution in [1.29, 1.82) is 0 Å². The first-order valence-electron chi connectivity index (χ1n) is 8.61. The summed E-state index contributed by atoms with van der Waals surface area (Å²) in [5, 5.41) is 1.77. The van der Waals surface area contributed by atoms with E-state index in [-0.39, 0.29) is 6.04 Å². The summed E-state index contributed by atoms with van der Waals surface area (Å²) in [4.78, 5) is 1.31. The second-order valence-electron chi connectivity index (χ2n) is 6.46. The summed E-state index contributed by atoms with van der Waals surface area (Å²) in [6, 6.07) is 15.6. The van der Waals surface area contributed by atoms with Crippen molar-refractivity contribution < 1.29 is 17.7 Å². The first kappa shape index (κ1) is 17.5. The van der Waals surface area contributed by atoms with Crippen LogP contribution in [0.3, 0.4) is 0 Å². The van der Waals surface area contributed by atoms with Gasteiger partial charge in [0.15, 0.2) is 11.8 Å². The number of thiophene rings is 1. The molecular formula is C19H21N2O3S2+. The molecule has 136 valence electrons. The Morgan fingerprint density at radius 2 is 1.96 bits per heavy atom. The first-order valence-corrected chi connectivity index (χ1v) is 11.0. The summed E-state index contributed by atoms with van der Waals surface area (Å²) in [5.41, 5.74) is 2.71. The Hall–Kier alpha value is -1.93. The zero-order valence-electron chi connectivity index (χ0n) is 14.2. The minimum absolute atomic E-state index is 0.0620. The molecule has 4 rings (SSSR count). The van der Waals surface area contributed by atoms with E-state index in [0.717, 1.165) is 25.3 Å². The minimum atomic E-state index is -3.49. The molecule has 3 aromatic rings. The Bertz CT molecular complexity index is 951. The van der Waals surface area contributed by atoms with Crippen LogP contribution < -0.4 is 9.62 Å². The number of benzene rings is 1. The molecule has 0 fully saturated rings. The van der Waals surface area contributed by atoms with Gasteiger partial charge in [-0.25, -0.2) is 13.1 Å². The van der Waals surface area contributed by atoms with Gasteiger partial charge < -0.3 is 9.32 Å². The standard InChI is InChI=1S/C19H20N2O3S2/c22-26(23,19-8-4-12-25-19)20-13-17(18-7-3-11-24-18)21-10-9-15-5-1-2-6-16(15)14-21/h1-8,11-12,17,20H,9-10,13-14H2/p+1/t17-/m0/s1. The molecule has 0 saturated heterocycles. The minimum Gasteiger partial charge on any atom is -0.463 e. The van der Waals surface area contributed by atoms with E-state index in [0.29, 0.717) is 10.8 Å². The van der Waals surface area contributed by atoms with E-state index in [1.807, 2.05) is 12.1 Å². The normalized spacial score (nSPS) is 18.4. The number of nitrogens with one attached hydrogen (secondary N) is 2. The fourth-order valence-corrected chi connectivity index (χ4v) is 5.60. The molecule has 1 aliphatic rings. The van der Waals surface area contributed by atoms with E-state index in [1.165, 1.54) is 27.4 Å². The first-order chi connectivity index (χ1) is 12.6. The average molecular weight is 390 g/mol. The van der Waals surface area contributed by atoms with E-state index in [9.17, 15) is 8.42 Å². The Balaban J connectivity index is 1.55. The Labute approximate surface area is 157 Å². The van der Waals surface area contributed by atoms with Crippen LogP contribution in [0.5, 0.6) is 0 Å². The summed E-state index contributed by atoms with van der Waals surface area (Å²) in [7, 11) is -3.49. The van der Waals surface area contributed by atoms with Crippen molar-refractivity contribution in [3.05, 3.63) is 77.1 Å². The van der Waals surface area contributed by atoms with Crippen LogP contribution in [-0.4, -0.2) is 21.5 Å². The van der Waals surface area contributed by atoms with Crippen molar-refractivity contribution in [2.75, 3.05) is 13.1 Å². The lowest BCUT2D eigenvalue weighted by Crippen LogP contribution is -3.12. The number of furan rings is 1. The van der Waals surface area contributed by atoms with Gasteiger partial charge in [-0.1, -0.05) is 30.3 Å². The number of rotatable bonds is 6. The molecule has 1 aromatic carbocycles. The summed E-state index contributed by atoms with van der Waals surface area (Å²) >= 11 is 1.22. The quantitative estimate of drug-likeness (QED) is 0.678. The summed E-state index contributed by atoms with van der Waals surface area (Å²) < 4.78 is 33.8. The highest BCUT2D eigenvalue weighted by Gasteiger charge is 2.31. The molecule has 0 bridgehead atoms. The molecule has 2 aromatic heterocycles. The maximum Gasteiger partial charge on any atom is 0.250 e. The van der Waals surface area contributed by atoms with Crippen molar-refractivity contribution in [2.45, 2.75) is 23.2 Å². The topological polar surface area (TPSA) is 63.8 Å². The smallest absolute Gasteiger partial charge is 0.250 e. The van der Waals surface area contributed by atoms with Gasteiger partial charge in [-0.05, 0) is 29.1 Å². The van der Waals surface area contributed by atoms with Crippen LogP contribution in [-0.2, 0) is 23.0 Å². The third-order valence-electron chi connectivity index (χ3n) is 4.87. The zero-order valence-corrected chi connectivity index (χ0v) is 15.9. The number of sulfonamides is 1. The van der Waals surface area contributed by atoms with Gasteiger partial charge in [0.25, 0.3) is 0 Å². The lowest BCUT2D eigenvalue weighted by molar-refractivity contribution is -0.946. The van der Waals surface area contributed by atoms with E-state index in [4.69, 9.17) is 4.42 Å². The van der Waals surface area contributed by atoms with Gasteiger partial charge in [0.1, 0.15) is 10.8 Å². The van der Waals surface area contributed by atoms with Crippen molar-refractivity contribution in [1.82, 2.24) is 4.72 Å². The van der Waals surface area contributed by atoms with E-state index >= 15 is 0 Å². The summed E-state index contributed by atoms with van der Waals surface area (Å²) in [5.74, 6) is 0.813. The molecule has 0 aliphatic carbocycles. The molecule has 0 amide bonds. The molecule has 2 N–H and O–H groups in total. The van der Waals surface area contributed by atoms with Gasteiger partial charge in [-0.15, -0.1) is 11.3 Å². The van der Waals surface area contributed by atoms with E-state index in [2.05, 4.69) is 29.0 Å². The molecular weight excluding hydrogens is 368 g/mol. The number of hydrogen-bond donors (Lipinski definition) is 2. The van der Waals surface area contributed by atoms with Crippen LogP contribution in [0.15, 0.2) is 68.8 Å². The molecule has 7 heteroatoms. The maximum absolute atomic E-state index is 12.5. The van der Waals surface area contributed by atoms with Gasteiger partial charge >= 0.3 is 0 Å². The van der Waals surface area contributed by atoms with Gasteiger partial charge in [0, 0.05) is 12.0 Å². The number of hydrogen-bond acceptors (Lipinski definition) is 4. The monoisotopic (exact) mass is 389 g/mol. The van der Waals surface area contributed by atoms with Gasteiger partial charge in [-0.2, -0.15) is 0 Å². The molecule has 1 aliphatic heterocycles. The molecule has 0 spiro atoms. The third-order valence-corrected chi connectivity index (χ3v) is 7.69. The van der Waals surface area contributed by atoms with Crippen LogP contribution in [0.1, 0.15) is 22.9 Å². The summed E-state index contributed by atoms with van der Waals surface area (Å²) in [6.45, 7) is 2.12. The van der Waals surface area contributed by atoms with Crippen molar-refractivity contribution in [2.24, 2.45) is 0 Å². The number of quaternary nitrogens is 1. The fraction of sp³-hybridized carbons (Fsp3) is 0.263. The van der Waals surface area contributed by atoms with Crippen LogP contribution in [0.2, 0.25) is 0 Å². The molecule has 26 heavy (non-hydrogen) atoms. The molecule has 1 unspecified atom stereocenters. The maximum atomic E-state index is 12.5. The lowest BCUT2D eigenvalue weighted by Gasteiger charge is -2.31. The second kappa shape index (κ2) is 7.36. The largest absolute Gasteiger partial charge is 0.463 e. The Morgan fingerprint density at radius 3 is 2.69 bits per heavy atom. The van der Waals surface area contributed by atoms with Crippen molar-refractivity contribution in [3.63, 3.8) is 0 Å². The van der Waals surface area contributed by atoms with Crippen LogP contribution >= 0.6 is 11.3 Å². The second-order valence-corrected chi connectivity index (χ2v) is 9.40. The van der Waals surface area contributed by atoms with Gasteiger partial charge in [0.2, 0.25) is 10.0 Å². The predicted molar refractivity (Wildman–Crippen MR) is 101 cm³/mol. The third kappa shape index (κ3) is 3.61. The molecule has 0 radical (unpaired) electrons. The molecule has 5 nitrogen and oxygen atoms in total. The average Bonchev–Trinajstić information content (AvgIpc) is 3.36. The Morgan fingerprint density at radius 1 is 1.12 bits per heavy atom. The zero-order chi connectivity index (χ0) is 18.0. The van der Waals surface area contributed by atoms with Gasteiger partial charge in [-0.3, -0.25) is 0 Å². The van der Waals surface area contributed by atoms with E-state index < -0.39 is 10.0 Å². The summed E-state index contributed by atoms with van der Waals surface area (Å²) in [6.07, 6.45) is 2.63. The molecule has 0 saturated carbocycles. The highest BCUT2D eigenvalue weighted by molar-refractivity contribution is 7.91. The fourth-order valence-electron chi connectivity index (χ4n) is 3.52. The van der Waals surface area contributed by atoms with Crippen molar-refractivity contribution >= 4 is 21.4 Å². The SMILES string of the molecule is O=S(=O)(NC[C@@H](c1ccco1)[NH+]1CCc2ccccc2C1)c1cccs1. The van der Waals surface area contributed by atoms with Crippen LogP contribution in [0, 0.1) is 0 Å². The van der Waals surface area contributed by atoms with Crippen LogP contribution in [0.4, 0.5) is 0 Å². The van der Waals surface area contributed by atoms with E-state index in [1.54, 1.807) is 23.8 Å². The lowest BCUT2D eigenvalue weighted by atomic mass is 9.98. The molecule has 2 atom stereocenters.